The molecule has 70 valence electrons. The van der Waals surface area contributed by atoms with Crippen molar-refractivity contribution in [1.29, 1.82) is 0 Å². The van der Waals surface area contributed by atoms with E-state index < -0.39 is 7.12 Å². The van der Waals surface area contributed by atoms with E-state index in [-0.39, 0.29) is 0 Å². The van der Waals surface area contributed by atoms with Crippen LogP contribution in [0.5, 0.6) is 0 Å². The van der Waals surface area contributed by atoms with Gasteiger partial charge in [-0.2, -0.15) is 0 Å². The van der Waals surface area contributed by atoms with Crippen LogP contribution < -0.4 is 5.46 Å². The van der Waals surface area contributed by atoms with E-state index in [9.17, 15) is 0 Å². The average molecular weight is 187 g/mol. The Morgan fingerprint density at radius 2 is 2.21 bits per heavy atom. The van der Waals surface area contributed by atoms with Crippen LogP contribution in [0.4, 0.5) is 0 Å². The molecule has 0 bridgehead atoms. The van der Waals surface area contributed by atoms with E-state index in [4.69, 9.17) is 10.0 Å². The van der Waals surface area contributed by atoms with Gasteiger partial charge in [0.2, 0.25) is 0 Å². The lowest BCUT2D eigenvalue weighted by molar-refractivity contribution is 0.425. The van der Waals surface area contributed by atoms with Gasteiger partial charge in [-0.3, -0.25) is 4.98 Å². The Morgan fingerprint density at radius 3 is 2.86 bits per heavy atom. The minimum Gasteiger partial charge on any atom is -0.423 e. The fourth-order valence-corrected chi connectivity index (χ4v) is 1.14. The molecule has 1 aromatic heterocycles. The van der Waals surface area contributed by atoms with Crippen molar-refractivity contribution in [2.75, 3.05) is 0 Å². The van der Waals surface area contributed by atoms with Gasteiger partial charge in [0, 0.05) is 29.3 Å². The first-order chi connectivity index (χ1) is 6.77. The summed E-state index contributed by atoms with van der Waals surface area (Å²) in [5.41, 5.74) is 1.03. The molecule has 0 amide bonds. The maximum absolute atomic E-state index is 9.05. The Labute approximate surface area is 83.0 Å². The second kappa shape index (κ2) is 3.83. The smallest absolute Gasteiger partial charge is 0.423 e. The summed E-state index contributed by atoms with van der Waals surface area (Å²) in [6.45, 7) is 0. The summed E-state index contributed by atoms with van der Waals surface area (Å²) in [5, 5.41) is 18.1. The summed E-state index contributed by atoms with van der Waals surface area (Å²) in [7, 11) is -1.47. The highest BCUT2D eigenvalue weighted by Gasteiger charge is 2.19. The number of rotatable bonds is 1. The topological polar surface area (TPSA) is 53.4 Å². The van der Waals surface area contributed by atoms with Crippen molar-refractivity contribution >= 4 is 12.6 Å². The van der Waals surface area contributed by atoms with Gasteiger partial charge in [-0.1, -0.05) is 11.8 Å². The number of pyridine rings is 1. The lowest BCUT2D eigenvalue weighted by atomic mass is 9.78. The molecule has 0 spiro atoms. The van der Waals surface area contributed by atoms with Gasteiger partial charge < -0.3 is 10.0 Å². The van der Waals surface area contributed by atoms with E-state index in [1.54, 1.807) is 12.3 Å². The zero-order valence-electron chi connectivity index (χ0n) is 7.64. The Kier molecular flexibility index (Phi) is 2.53. The molecule has 4 heteroatoms. The van der Waals surface area contributed by atoms with Gasteiger partial charge in [-0.15, -0.1) is 0 Å². The highest BCUT2D eigenvalue weighted by atomic mass is 16.4. The van der Waals surface area contributed by atoms with Gasteiger partial charge in [-0.05, 0) is 18.9 Å². The molecule has 2 rings (SSSR count). The predicted octanol–water partition coefficient (Wildman–Crippen LogP) is -0.477. The average Bonchev–Trinajstić information content (AvgIpc) is 2.98. The number of hydrogen-bond donors (Lipinski definition) is 2. The molecule has 1 heterocycles. The van der Waals surface area contributed by atoms with Gasteiger partial charge in [0.15, 0.2) is 0 Å². The van der Waals surface area contributed by atoms with Crippen LogP contribution in [-0.2, 0) is 0 Å². The normalized spacial score (nSPS) is 14.4. The molecule has 1 saturated carbocycles. The lowest BCUT2D eigenvalue weighted by Gasteiger charge is -2.00. The minimum absolute atomic E-state index is 0.424. The maximum atomic E-state index is 9.05. The van der Waals surface area contributed by atoms with E-state index in [1.165, 1.54) is 6.20 Å². The van der Waals surface area contributed by atoms with Gasteiger partial charge in [0.1, 0.15) is 0 Å². The molecule has 0 unspecified atom stereocenters. The zero-order chi connectivity index (χ0) is 9.97. The van der Waals surface area contributed by atoms with Crippen LogP contribution in [0.15, 0.2) is 18.5 Å². The van der Waals surface area contributed by atoms with Crippen molar-refractivity contribution in [2.45, 2.75) is 12.8 Å². The van der Waals surface area contributed by atoms with Crippen LogP contribution in [0, 0.1) is 17.8 Å². The summed E-state index contributed by atoms with van der Waals surface area (Å²) in [5.74, 6) is 6.48. The SMILES string of the molecule is OB(O)c1ccncc1C#CC1CC1. The summed E-state index contributed by atoms with van der Waals surface area (Å²) in [6.07, 6.45) is 5.40. The fourth-order valence-electron chi connectivity index (χ4n) is 1.14. The molecule has 1 aromatic rings. The third-order valence-corrected chi connectivity index (χ3v) is 2.12. The van der Waals surface area contributed by atoms with Gasteiger partial charge in [0.05, 0.1) is 0 Å². The third-order valence-electron chi connectivity index (χ3n) is 2.12. The summed E-state index contributed by atoms with van der Waals surface area (Å²) >= 11 is 0. The number of hydrogen-bond acceptors (Lipinski definition) is 3. The maximum Gasteiger partial charge on any atom is 0.489 e. The molecule has 0 saturated heterocycles. The molecule has 3 nitrogen and oxygen atoms in total. The van der Waals surface area contributed by atoms with Crippen LogP contribution in [0.2, 0.25) is 0 Å². The molecular formula is C10H10BNO2. The quantitative estimate of drug-likeness (QED) is 0.461. The van der Waals surface area contributed by atoms with E-state index in [0.717, 1.165) is 12.8 Å². The van der Waals surface area contributed by atoms with E-state index in [2.05, 4.69) is 16.8 Å². The molecule has 0 atom stereocenters. The van der Waals surface area contributed by atoms with Crippen molar-refractivity contribution in [3.63, 3.8) is 0 Å². The second-order valence-corrected chi connectivity index (χ2v) is 3.38. The molecule has 0 radical (unpaired) electrons. The monoisotopic (exact) mass is 187 g/mol. The molecule has 1 aliphatic rings. The zero-order valence-corrected chi connectivity index (χ0v) is 7.64. The second-order valence-electron chi connectivity index (χ2n) is 3.38. The van der Waals surface area contributed by atoms with E-state index in [1.807, 2.05) is 0 Å². The third kappa shape index (κ3) is 2.14. The van der Waals surface area contributed by atoms with Crippen molar-refractivity contribution in [1.82, 2.24) is 4.98 Å². The predicted molar refractivity (Wildman–Crippen MR) is 53.7 cm³/mol. The Balaban J connectivity index is 2.27. The molecule has 14 heavy (non-hydrogen) atoms. The largest absolute Gasteiger partial charge is 0.489 e. The van der Waals surface area contributed by atoms with Crippen LogP contribution in [0.25, 0.3) is 0 Å². The minimum atomic E-state index is -1.47. The van der Waals surface area contributed by atoms with Crippen LogP contribution in [0.3, 0.4) is 0 Å². The van der Waals surface area contributed by atoms with E-state index in [0.29, 0.717) is 16.9 Å². The Bertz CT molecular complexity index is 391. The molecule has 0 aliphatic heterocycles. The lowest BCUT2D eigenvalue weighted by Crippen LogP contribution is -2.32. The molecule has 2 N–H and O–H groups in total. The molecular weight excluding hydrogens is 177 g/mol. The first-order valence-corrected chi connectivity index (χ1v) is 4.59. The van der Waals surface area contributed by atoms with Crippen LogP contribution >= 0.6 is 0 Å². The van der Waals surface area contributed by atoms with Crippen LogP contribution in [-0.4, -0.2) is 22.2 Å². The highest BCUT2D eigenvalue weighted by molar-refractivity contribution is 6.59. The standard InChI is InChI=1S/C10H10BNO2/c13-11(14)10-5-6-12-7-9(10)4-3-8-1-2-8/h5-8,13-14H,1-2H2. The fraction of sp³-hybridized carbons (Fsp3) is 0.300. The van der Waals surface area contributed by atoms with Crippen molar-refractivity contribution < 1.29 is 10.0 Å². The van der Waals surface area contributed by atoms with Gasteiger partial charge in [-0.25, -0.2) is 0 Å². The summed E-state index contributed by atoms with van der Waals surface area (Å²) in [4.78, 5) is 3.90. The number of nitrogens with zero attached hydrogens (tertiary/aromatic N) is 1. The first kappa shape index (κ1) is 9.26. The Morgan fingerprint density at radius 1 is 1.43 bits per heavy atom. The Hall–Kier alpha value is -1.31. The highest BCUT2D eigenvalue weighted by Crippen LogP contribution is 2.27. The van der Waals surface area contributed by atoms with Crippen molar-refractivity contribution in [3.8, 4) is 11.8 Å². The number of aromatic nitrogens is 1. The molecule has 0 aromatic carbocycles. The summed E-state index contributed by atoms with van der Waals surface area (Å²) in [6, 6.07) is 1.57. The van der Waals surface area contributed by atoms with Crippen molar-refractivity contribution in [3.05, 3.63) is 24.0 Å². The first-order valence-electron chi connectivity index (χ1n) is 4.59. The van der Waals surface area contributed by atoms with Gasteiger partial charge in [0.25, 0.3) is 0 Å². The van der Waals surface area contributed by atoms with Crippen molar-refractivity contribution in [2.24, 2.45) is 5.92 Å². The van der Waals surface area contributed by atoms with Gasteiger partial charge >= 0.3 is 7.12 Å². The summed E-state index contributed by atoms with van der Waals surface area (Å²) < 4.78 is 0. The van der Waals surface area contributed by atoms with E-state index >= 15 is 0 Å². The molecule has 1 fully saturated rings. The van der Waals surface area contributed by atoms with Crippen LogP contribution in [0.1, 0.15) is 18.4 Å². The molecule has 1 aliphatic carbocycles.